The monoisotopic (exact) mass is 449 g/mol. The maximum Gasteiger partial charge on any atom is 0.411 e. The van der Waals surface area contributed by atoms with E-state index in [0.717, 1.165) is 24.0 Å². The molecule has 2 aromatic carbocycles. The van der Waals surface area contributed by atoms with Crippen LogP contribution >= 0.6 is 0 Å². The normalized spacial score (nSPS) is 20.3. The Morgan fingerprint density at radius 3 is 2.33 bits per heavy atom. The molecular weight excluding hydrogens is 418 g/mol. The number of ether oxygens (including phenoxy) is 1. The van der Waals surface area contributed by atoms with Crippen LogP contribution in [0.4, 0.5) is 10.5 Å². The molecule has 3 amide bonds. The molecule has 0 aliphatic carbocycles. The average molecular weight is 450 g/mol. The number of hydrogen-bond donors (Lipinski definition) is 1. The van der Waals surface area contributed by atoms with Crippen molar-refractivity contribution in [1.29, 1.82) is 0 Å². The van der Waals surface area contributed by atoms with Crippen LogP contribution in [0.3, 0.4) is 0 Å². The lowest BCUT2D eigenvalue weighted by atomic mass is 10.00. The van der Waals surface area contributed by atoms with E-state index in [0.29, 0.717) is 31.7 Å². The van der Waals surface area contributed by atoms with Crippen molar-refractivity contribution < 1.29 is 19.1 Å². The third-order valence-electron chi connectivity index (χ3n) is 6.07. The molecule has 0 saturated carbocycles. The number of benzene rings is 2. The highest BCUT2D eigenvalue weighted by Crippen LogP contribution is 2.36. The first-order valence-electron chi connectivity index (χ1n) is 11.6. The fourth-order valence-electron chi connectivity index (χ4n) is 4.44. The van der Waals surface area contributed by atoms with Gasteiger partial charge < -0.3 is 15.0 Å². The summed E-state index contributed by atoms with van der Waals surface area (Å²) >= 11 is 0. The predicted molar refractivity (Wildman–Crippen MR) is 125 cm³/mol. The van der Waals surface area contributed by atoms with Gasteiger partial charge in [0.1, 0.15) is 0 Å². The second-order valence-corrected chi connectivity index (χ2v) is 9.16. The van der Waals surface area contributed by atoms with Crippen LogP contribution in [0.1, 0.15) is 50.3 Å². The van der Waals surface area contributed by atoms with E-state index in [4.69, 9.17) is 4.74 Å². The summed E-state index contributed by atoms with van der Waals surface area (Å²) in [5.74, 6) is 0.157. The lowest BCUT2D eigenvalue weighted by Crippen LogP contribution is -2.47. The van der Waals surface area contributed by atoms with Gasteiger partial charge >= 0.3 is 6.09 Å². The molecule has 1 N–H and O–H groups in total. The van der Waals surface area contributed by atoms with Crippen molar-refractivity contribution in [3.8, 4) is 0 Å². The fourth-order valence-corrected chi connectivity index (χ4v) is 4.44. The molecule has 7 heteroatoms. The van der Waals surface area contributed by atoms with Crippen molar-refractivity contribution in [2.24, 2.45) is 5.92 Å². The molecule has 2 saturated heterocycles. The van der Waals surface area contributed by atoms with E-state index < -0.39 is 18.2 Å². The predicted octanol–water partition coefficient (Wildman–Crippen LogP) is 4.36. The second-order valence-electron chi connectivity index (χ2n) is 9.16. The molecule has 0 bridgehead atoms. The molecule has 2 atom stereocenters. The first-order valence-corrected chi connectivity index (χ1v) is 11.6. The Labute approximate surface area is 194 Å². The van der Waals surface area contributed by atoms with E-state index >= 15 is 0 Å². The molecule has 0 spiro atoms. The van der Waals surface area contributed by atoms with Crippen LogP contribution in [0.2, 0.25) is 0 Å². The maximum atomic E-state index is 13.5. The van der Waals surface area contributed by atoms with Gasteiger partial charge in [0, 0.05) is 25.2 Å². The summed E-state index contributed by atoms with van der Waals surface area (Å²) in [6.45, 7) is 5.71. The number of amides is 3. The van der Waals surface area contributed by atoms with Crippen LogP contribution < -0.4 is 5.32 Å². The summed E-state index contributed by atoms with van der Waals surface area (Å²) < 4.78 is 5.75. The summed E-state index contributed by atoms with van der Waals surface area (Å²) in [6, 6.07) is 16.1. The van der Waals surface area contributed by atoms with Gasteiger partial charge in [-0.2, -0.15) is 0 Å². The highest BCUT2D eigenvalue weighted by molar-refractivity contribution is 5.91. The molecule has 33 heavy (non-hydrogen) atoms. The summed E-state index contributed by atoms with van der Waals surface area (Å²) in [6.07, 6.45) is 1.21. The fraction of sp³-hybridized carbons (Fsp3) is 0.423. The van der Waals surface area contributed by atoms with E-state index in [1.165, 1.54) is 0 Å². The maximum absolute atomic E-state index is 13.5. The Morgan fingerprint density at radius 1 is 1.03 bits per heavy atom. The summed E-state index contributed by atoms with van der Waals surface area (Å²) in [5.41, 5.74) is 2.35. The van der Waals surface area contributed by atoms with Gasteiger partial charge in [-0.05, 0) is 42.0 Å². The Bertz CT molecular complexity index is 984. The van der Waals surface area contributed by atoms with Gasteiger partial charge in [-0.3, -0.25) is 14.5 Å². The molecule has 4 rings (SSSR count). The van der Waals surface area contributed by atoms with Crippen molar-refractivity contribution >= 4 is 23.6 Å². The quantitative estimate of drug-likeness (QED) is 0.681. The van der Waals surface area contributed by atoms with Gasteiger partial charge in [-0.15, -0.1) is 0 Å². The van der Waals surface area contributed by atoms with Crippen LogP contribution in [-0.4, -0.2) is 46.8 Å². The Balaban J connectivity index is 1.57. The number of anilines is 1. The van der Waals surface area contributed by atoms with Crippen LogP contribution in [0.25, 0.3) is 0 Å². The topological polar surface area (TPSA) is 79.0 Å². The standard InChI is InChI=1S/C26H31N3O4/c1-18(2)16-22(30)27-21-12-10-20(11-13-21)24-23(25(31)28-14-6-7-15-28)29(26(32)33-24)17-19-8-4-3-5-9-19/h3-5,8-13,18,23-24H,6-7,14-17H2,1-2H3,(H,27,30). The summed E-state index contributed by atoms with van der Waals surface area (Å²) in [5, 5.41) is 2.89. The van der Waals surface area contributed by atoms with Gasteiger partial charge in [0.25, 0.3) is 0 Å². The molecule has 2 aliphatic heterocycles. The smallest absolute Gasteiger partial charge is 0.411 e. The number of likely N-dealkylation sites (tertiary alicyclic amines) is 1. The lowest BCUT2D eigenvalue weighted by Gasteiger charge is -2.28. The highest BCUT2D eigenvalue weighted by Gasteiger charge is 2.48. The minimum atomic E-state index is -0.725. The first kappa shape index (κ1) is 22.8. The zero-order chi connectivity index (χ0) is 23.4. The Kier molecular flexibility index (Phi) is 6.96. The molecule has 2 heterocycles. The van der Waals surface area contributed by atoms with Crippen molar-refractivity contribution in [3.05, 3.63) is 65.7 Å². The molecule has 0 radical (unpaired) electrons. The van der Waals surface area contributed by atoms with Crippen molar-refractivity contribution in [1.82, 2.24) is 9.80 Å². The SMILES string of the molecule is CC(C)CC(=O)Nc1ccc(C2OC(=O)N(Cc3ccccc3)C2C(=O)N2CCCC2)cc1. The number of carbonyl (C=O) groups is 3. The molecule has 7 nitrogen and oxygen atoms in total. The molecule has 0 aromatic heterocycles. The van der Waals surface area contributed by atoms with Gasteiger partial charge in [0.05, 0.1) is 6.54 Å². The van der Waals surface area contributed by atoms with Crippen molar-refractivity contribution in [2.45, 2.75) is 51.8 Å². The Hall–Kier alpha value is -3.35. The average Bonchev–Trinajstić information content (AvgIpc) is 3.43. The number of nitrogens with zero attached hydrogens (tertiary/aromatic N) is 2. The van der Waals surface area contributed by atoms with Gasteiger partial charge in [-0.1, -0.05) is 56.3 Å². The van der Waals surface area contributed by atoms with E-state index in [-0.39, 0.29) is 17.7 Å². The van der Waals surface area contributed by atoms with Crippen LogP contribution in [-0.2, 0) is 20.9 Å². The minimum absolute atomic E-state index is 0.0406. The number of carbonyl (C=O) groups excluding carboxylic acids is 3. The van der Waals surface area contributed by atoms with E-state index in [9.17, 15) is 14.4 Å². The number of hydrogen-bond acceptors (Lipinski definition) is 4. The van der Waals surface area contributed by atoms with Gasteiger partial charge in [0.15, 0.2) is 12.1 Å². The summed E-state index contributed by atoms with van der Waals surface area (Å²) in [7, 11) is 0. The molecule has 2 aromatic rings. The molecule has 174 valence electrons. The zero-order valence-corrected chi connectivity index (χ0v) is 19.2. The van der Waals surface area contributed by atoms with Crippen molar-refractivity contribution in [3.63, 3.8) is 0 Å². The molecule has 2 aliphatic rings. The van der Waals surface area contributed by atoms with Crippen LogP contribution in [0.15, 0.2) is 54.6 Å². The largest absolute Gasteiger partial charge is 0.438 e. The lowest BCUT2D eigenvalue weighted by molar-refractivity contribution is -0.135. The van der Waals surface area contributed by atoms with Crippen LogP contribution in [0.5, 0.6) is 0 Å². The highest BCUT2D eigenvalue weighted by atomic mass is 16.6. The van der Waals surface area contributed by atoms with E-state index in [1.54, 1.807) is 17.0 Å². The number of rotatable bonds is 7. The third kappa shape index (κ3) is 5.35. The van der Waals surface area contributed by atoms with Gasteiger partial charge in [0.2, 0.25) is 11.8 Å². The molecular formula is C26H31N3O4. The number of nitrogens with one attached hydrogen (secondary N) is 1. The molecule has 2 fully saturated rings. The van der Waals surface area contributed by atoms with E-state index in [1.807, 2.05) is 61.2 Å². The summed E-state index contributed by atoms with van der Waals surface area (Å²) in [4.78, 5) is 41.8. The Morgan fingerprint density at radius 2 is 1.70 bits per heavy atom. The third-order valence-corrected chi connectivity index (χ3v) is 6.07. The first-order chi connectivity index (χ1) is 15.9. The van der Waals surface area contributed by atoms with Crippen molar-refractivity contribution in [2.75, 3.05) is 18.4 Å². The minimum Gasteiger partial charge on any atom is -0.438 e. The van der Waals surface area contributed by atoms with E-state index in [2.05, 4.69) is 5.32 Å². The zero-order valence-electron chi connectivity index (χ0n) is 19.2. The van der Waals surface area contributed by atoms with Crippen LogP contribution in [0, 0.1) is 5.92 Å². The molecule has 2 unspecified atom stereocenters. The second kappa shape index (κ2) is 10.1. The van der Waals surface area contributed by atoms with Gasteiger partial charge in [-0.25, -0.2) is 4.79 Å². The number of cyclic esters (lactones) is 1.